The summed E-state index contributed by atoms with van der Waals surface area (Å²) >= 11 is 0. The first-order valence-corrected chi connectivity index (χ1v) is 12.4. The van der Waals surface area contributed by atoms with Gasteiger partial charge in [0.05, 0.1) is 0 Å². The molecule has 5 radical (unpaired) electrons. The molecule has 3 aromatic carbocycles. The van der Waals surface area contributed by atoms with Gasteiger partial charge in [0.2, 0.25) is 0 Å². The second kappa shape index (κ2) is 13.6. The van der Waals surface area contributed by atoms with Crippen LogP contribution in [0.1, 0.15) is 74.5 Å². The van der Waals surface area contributed by atoms with Crippen molar-refractivity contribution in [1.82, 2.24) is 0 Å². The molecule has 0 bridgehead atoms. The molecule has 4 rings (SSSR count). The molecule has 1 aliphatic rings. The predicted octanol–water partition coefficient (Wildman–Crippen LogP) is 10.1. The zero-order valence-electron chi connectivity index (χ0n) is 22.9. The molecule has 36 heavy (non-hydrogen) atoms. The van der Waals surface area contributed by atoms with Gasteiger partial charge in [-0.2, -0.15) is 0 Å². The molecule has 0 spiro atoms. The van der Waals surface area contributed by atoms with Crippen LogP contribution in [0.5, 0.6) is 0 Å². The average Bonchev–Trinajstić information content (AvgIpc) is 3.02. The van der Waals surface area contributed by atoms with Crippen molar-refractivity contribution >= 4 is 5.69 Å². The summed E-state index contributed by atoms with van der Waals surface area (Å²) in [7, 11) is 0. The summed E-state index contributed by atoms with van der Waals surface area (Å²) in [5, 5.41) is 5.06. The van der Waals surface area contributed by atoms with Gasteiger partial charge in [-0.15, -0.1) is 17.8 Å². The number of nitrogens with zero attached hydrogens (tertiary/aromatic N) is 1. The number of nitrogens with one attached hydrogen (secondary N) is 1. The fraction of sp³-hybridized carbons (Fsp3) is 0.303. The van der Waals surface area contributed by atoms with Gasteiger partial charge in [-0.25, -0.2) is 0 Å². The molecule has 0 heterocycles. The van der Waals surface area contributed by atoms with Crippen molar-refractivity contribution in [3.05, 3.63) is 141 Å². The van der Waals surface area contributed by atoms with E-state index in [1.807, 2.05) is 48.5 Å². The summed E-state index contributed by atoms with van der Waals surface area (Å²) in [5.74, 6) is 7.34. The van der Waals surface area contributed by atoms with Gasteiger partial charge in [-0.05, 0) is 50.4 Å². The van der Waals surface area contributed by atoms with Crippen LogP contribution in [0, 0.1) is 50.4 Å². The van der Waals surface area contributed by atoms with Crippen LogP contribution in [0.3, 0.4) is 0 Å². The first-order valence-electron chi connectivity index (χ1n) is 12.4. The number of rotatable bonds is 5. The van der Waals surface area contributed by atoms with Crippen LogP contribution in [-0.2, 0) is 20.1 Å². The van der Waals surface area contributed by atoms with Crippen LogP contribution >= 0.6 is 0 Å². The van der Waals surface area contributed by atoms with E-state index in [0.29, 0.717) is 0 Å². The molecule has 0 unspecified atom stereocenters. The molecule has 0 aliphatic heterocycles. The maximum atomic E-state index is 8.85. The minimum absolute atomic E-state index is 0. The van der Waals surface area contributed by atoms with Crippen LogP contribution in [0.15, 0.2) is 72.8 Å². The Hall–Kier alpha value is -1.93. The summed E-state index contributed by atoms with van der Waals surface area (Å²) < 4.78 is 0. The second-order valence-corrected chi connectivity index (χ2v) is 9.75. The summed E-state index contributed by atoms with van der Waals surface area (Å²) in [4.78, 5) is 0. The fourth-order valence-corrected chi connectivity index (χ4v) is 4.76. The Bertz CT molecular complexity index is 998. The topological polar surface area (TPSA) is 37.9 Å². The summed E-state index contributed by atoms with van der Waals surface area (Å²) in [6.07, 6.45) is 0. The third kappa shape index (κ3) is 7.09. The molecule has 3 aromatic rings. The van der Waals surface area contributed by atoms with Gasteiger partial charge < -0.3 is 11.1 Å². The molecule has 0 aromatic heterocycles. The van der Waals surface area contributed by atoms with Gasteiger partial charge in [0, 0.05) is 0 Å². The second-order valence-electron chi connectivity index (χ2n) is 9.75. The average molecular weight is 656 g/mol. The Balaban J connectivity index is 0.000000350. The fourth-order valence-electron chi connectivity index (χ4n) is 4.76. The van der Waals surface area contributed by atoms with E-state index in [1.165, 1.54) is 46.3 Å². The maximum absolute atomic E-state index is 8.85. The van der Waals surface area contributed by atoms with Crippen LogP contribution in [0.4, 0.5) is 5.69 Å². The minimum atomic E-state index is -0.441. The van der Waals surface area contributed by atoms with E-state index in [9.17, 15) is 0 Å². The van der Waals surface area contributed by atoms with Gasteiger partial charge in [0.15, 0.2) is 0 Å². The molecular formula is C33H39IrN2+. The number of hydrogen-bond acceptors (Lipinski definition) is 0. The summed E-state index contributed by atoms with van der Waals surface area (Å²) in [6, 6.07) is 23.8. The van der Waals surface area contributed by atoms with Crippen molar-refractivity contribution in [3.8, 4) is 0 Å². The Morgan fingerprint density at radius 1 is 0.556 bits per heavy atom. The van der Waals surface area contributed by atoms with Crippen LogP contribution in [0.25, 0.3) is 11.1 Å². The van der Waals surface area contributed by atoms with E-state index in [-0.39, 0.29) is 26.1 Å². The number of aryl methyl sites for hydroxylation is 3. The zero-order chi connectivity index (χ0) is 25.7. The Kier molecular flexibility index (Phi) is 11.4. The molecule has 2 nitrogen and oxygen atoms in total. The van der Waals surface area contributed by atoms with Crippen LogP contribution in [0.2, 0.25) is 0 Å². The molecule has 1 saturated carbocycles. The first kappa shape index (κ1) is 30.3. The van der Waals surface area contributed by atoms with E-state index in [0.717, 1.165) is 16.8 Å². The molecule has 189 valence electrons. The molecular weight excluding hydrogens is 617 g/mol. The molecule has 1 aliphatic carbocycles. The van der Waals surface area contributed by atoms with E-state index in [2.05, 4.69) is 79.7 Å². The van der Waals surface area contributed by atoms with E-state index in [4.69, 9.17) is 11.1 Å². The zero-order valence-corrected chi connectivity index (χ0v) is 25.3. The van der Waals surface area contributed by atoms with Crippen LogP contribution < -0.4 is 0 Å². The van der Waals surface area contributed by atoms with E-state index >= 15 is 0 Å². The van der Waals surface area contributed by atoms with Crippen molar-refractivity contribution in [2.45, 2.75) is 67.5 Å². The number of benzene rings is 3. The van der Waals surface area contributed by atoms with Crippen molar-refractivity contribution in [2.24, 2.45) is 0 Å². The summed E-state index contributed by atoms with van der Waals surface area (Å²) in [6.45, 7) is 17.3. The monoisotopic (exact) mass is 656 g/mol. The largest absolute Gasteiger partial charge is 3.00 e. The van der Waals surface area contributed by atoms with E-state index < -0.39 is 6.04 Å². The van der Waals surface area contributed by atoms with Crippen molar-refractivity contribution in [1.29, 1.82) is 0 Å². The predicted molar refractivity (Wildman–Crippen MR) is 151 cm³/mol. The van der Waals surface area contributed by atoms with Gasteiger partial charge in [-0.1, -0.05) is 135 Å². The summed E-state index contributed by atoms with van der Waals surface area (Å²) in [5.41, 5.74) is 15.5. The Morgan fingerprint density at radius 2 is 0.917 bits per heavy atom. The molecule has 3 heteroatoms. The SMILES string of the molecule is C[C]1[C](C)[C](C)[C](C)[C]1C.Cc1cc(C)c([N-][C@@H](c2ccccc2)[C@@H]([NH-])c2ccccc2)c(C)c1.[Ir+3]. The van der Waals surface area contributed by atoms with Crippen molar-refractivity contribution in [3.63, 3.8) is 0 Å². The molecule has 0 saturated heterocycles. The van der Waals surface area contributed by atoms with Crippen molar-refractivity contribution in [2.75, 3.05) is 0 Å². The molecule has 0 amide bonds. The van der Waals surface area contributed by atoms with E-state index in [1.54, 1.807) is 0 Å². The molecule has 1 N–H and O–H groups in total. The first-order chi connectivity index (χ1) is 16.6. The Labute approximate surface area is 233 Å². The quantitative estimate of drug-likeness (QED) is 0.262. The van der Waals surface area contributed by atoms with Gasteiger partial charge in [0.1, 0.15) is 0 Å². The van der Waals surface area contributed by atoms with Gasteiger partial charge in [-0.3, -0.25) is 0 Å². The number of hydrogen-bond donors (Lipinski definition) is 0. The third-order valence-corrected chi connectivity index (χ3v) is 7.33. The Morgan fingerprint density at radius 3 is 1.31 bits per heavy atom. The molecule has 1 fully saturated rings. The standard InChI is InChI=1S/C23H24N2.C10H15.Ir/c1-16-14-17(2)22(18(3)15-16)25-23(20-12-8-5-9-13-20)21(24)19-10-6-4-7-11-19;1-6-7(2)9(4)10(5)8(6)3;/h4-15,21,23-24H,1-3H3;1-5H3;/q-2;;+3/t21-,23-;;/m0../s1. The van der Waals surface area contributed by atoms with Crippen molar-refractivity contribution < 1.29 is 20.1 Å². The van der Waals surface area contributed by atoms with Gasteiger partial charge >= 0.3 is 20.1 Å². The van der Waals surface area contributed by atoms with Gasteiger partial charge in [0.25, 0.3) is 0 Å². The normalized spacial score (nSPS) is 17.1. The third-order valence-electron chi connectivity index (χ3n) is 7.33. The smallest absolute Gasteiger partial charge is 0.679 e. The minimum Gasteiger partial charge on any atom is -0.679 e. The maximum Gasteiger partial charge on any atom is 3.00 e. The molecule has 2 atom stereocenters. The van der Waals surface area contributed by atoms with Crippen LogP contribution in [-0.4, -0.2) is 0 Å².